The number of rotatable bonds is 6. The fourth-order valence-electron chi connectivity index (χ4n) is 4.05. The van der Waals surface area contributed by atoms with Crippen LogP contribution in [0.15, 0.2) is 89.9 Å². The quantitative estimate of drug-likeness (QED) is 0.360. The summed E-state index contributed by atoms with van der Waals surface area (Å²) in [6, 6.07) is 23.8. The van der Waals surface area contributed by atoms with Crippen LogP contribution in [0.5, 0.6) is 0 Å². The molecule has 5 aromatic rings. The summed E-state index contributed by atoms with van der Waals surface area (Å²) < 4.78 is 3.04. The summed E-state index contributed by atoms with van der Waals surface area (Å²) in [6.45, 7) is 0.666. The molecule has 35 heavy (non-hydrogen) atoms. The summed E-state index contributed by atoms with van der Waals surface area (Å²) >= 11 is 6.03. The molecule has 5 rings (SSSR count). The van der Waals surface area contributed by atoms with Crippen LogP contribution in [-0.2, 0) is 13.0 Å². The second-order valence-electron chi connectivity index (χ2n) is 8.19. The number of nitrogens with one attached hydrogen (secondary N) is 2. The molecular weight excluding hydrogens is 462 g/mol. The van der Waals surface area contributed by atoms with Crippen LogP contribution in [0.25, 0.3) is 16.7 Å². The van der Waals surface area contributed by atoms with E-state index in [0.717, 1.165) is 11.1 Å². The van der Waals surface area contributed by atoms with Crippen LogP contribution in [0.2, 0.25) is 5.02 Å². The van der Waals surface area contributed by atoms with Gasteiger partial charge >= 0.3 is 0 Å². The van der Waals surface area contributed by atoms with Gasteiger partial charge in [-0.2, -0.15) is 0 Å². The van der Waals surface area contributed by atoms with Gasteiger partial charge in [-0.1, -0.05) is 60.1 Å². The molecule has 8 heteroatoms. The van der Waals surface area contributed by atoms with E-state index in [9.17, 15) is 9.59 Å². The maximum atomic E-state index is 13.3. The van der Waals surface area contributed by atoms with Crippen LogP contribution < -0.4 is 16.4 Å². The monoisotopic (exact) mass is 483 g/mol. The normalized spacial score (nSPS) is 11.1. The first-order valence-corrected chi connectivity index (χ1v) is 11.5. The lowest BCUT2D eigenvalue weighted by Gasteiger charge is -2.15. The third kappa shape index (κ3) is 4.58. The molecule has 0 aliphatic heterocycles. The smallest absolute Gasteiger partial charge is 0.267 e. The summed E-state index contributed by atoms with van der Waals surface area (Å²) in [5.41, 5.74) is 2.59. The summed E-state index contributed by atoms with van der Waals surface area (Å²) in [7, 11) is 0. The van der Waals surface area contributed by atoms with Gasteiger partial charge in [0.15, 0.2) is 0 Å². The van der Waals surface area contributed by atoms with Gasteiger partial charge in [0.05, 0.1) is 17.5 Å². The van der Waals surface area contributed by atoms with E-state index in [-0.39, 0.29) is 28.5 Å². The number of carbonyl (C=O) groups is 1. The Morgan fingerprint density at radius 2 is 1.71 bits per heavy atom. The van der Waals surface area contributed by atoms with Gasteiger partial charge in [0.1, 0.15) is 16.8 Å². The van der Waals surface area contributed by atoms with Crippen molar-refractivity contribution in [2.75, 3.05) is 6.54 Å². The van der Waals surface area contributed by atoms with E-state index in [0.29, 0.717) is 29.3 Å². The first-order valence-electron chi connectivity index (χ1n) is 11.2. The molecule has 0 atom stereocenters. The zero-order valence-electron chi connectivity index (χ0n) is 18.7. The molecule has 0 saturated heterocycles. The lowest BCUT2D eigenvalue weighted by atomic mass is 10.1. The minimum absolute atomic E-state index is 0.0168. The molecule has 7 nitrogen and oxygen atoms in total. The second kappa shape index (κ2) is 9.56. The molecule has 2 N–H and O–H groups in total. The Kier molecular flexibility index (Phi) is 6.16. The maximum absolute atomic E-state index is 13.3. The largest absolute Gasteiger partial charge is 0.352 e. The van der Waals surface area contributed by atoms with Gasteiger partial charge in [-0.05, 0) is 47.9 Å². The third-order valence-electron chi connectivity index (χ3n) is 5.86. The number of hydrogen-bond donors (Lipinski definition) is 2. The first-order chi connectivity index (χ1) is 17.0. The molecule has 2 aromatic carbocycles. The van der Waals surface area contributed by atoms with E-state index < -0.39 is 5.91 Å². The maximum Gasteiger partial charge on any atom is 0.267 e. The zero-order chi connectivity index (χ0) is 24.4. The van der Waals surface area contributed by atoms with Crippen molar-refractivity contribution in [2.24, 2.45) is 0 Å². The van der Waals surface area contributed by atoms with Crippen molar-refractivity contribution in [3.63, 3.8) is 0 Å². The topological polar surface area (TPSA) is 92.2 Å². The molecule has 0 bridgehead atoms. The Morgan fingerprint density at radius 1 is 0.971 bits per heavy atom. The second-order valence-corrected chi connectivity index (χ2v) is 8.63. The Hall–Kier alpha value is -4.23. The molecule has 0 fully saturated rings. The van der Waals surface area contributed by atoms with Gasteiger partial charge in [0, 0.05) is 17.8 Å². The molecule has 3 aromatic heterocycles. The van der Waals surface area contributed by atoms with E-state index in [1.807, 2.05) is 42.5 Å². The van der Waals surface area contributed by atoms with Crippen molar-refractivity contribution in [1.29, 1.82) is 5.41 Å². The van der Waals surface area contributed by atoms with E-state index in [1.165, 1.54) is 10.5 Å². The molecule has 0 radical (unpaired) electrons. The number of nitrogens with zero attached hydrogens (tertiary/aromatic N) is 3. The lowest BCUT2D eigenvalue weighted by molar-refractivity contribution is 0.0951. The average molecular weight is 484 g/mol. The van der Waals surface area contributed by atoms with Crippen LogP contribution in [0.4, 0.5) is 0 Å². The minimum atomic E-state index is -0.407. The Labute approximate surface area is 205 Å². The summed E-state index contributed by atoms with van der Waals surface area (Å²) in [5, 5.41) is 12.6. The third-order valence-corrected chi connectivity index (χ3v) is 6.11. The average Bonchev–Trinajstić information content (AvgIpc) is 2.88. The Bertz CT molecular complexity index is 1660. The van der Waals surface area contributed by atoms with Crippen molar-refractivity contribution in [1.82, 2.24) is 19.3 Å². The van der Waals surface area contributed by atoms with E-state index in [4.69, 9.17) is 17.0 Å². The zero-order valence-corrected chi connectivity index (χ0v) is 19.5. The summed E-state index contributed by atoms with van der Waals surface area (Å²) in [4.78, 5) is 31.1. The van der Waals surface area contributed by atoms with Crippen LogP contribution >= 0.6 is 11.6 Å². The lowest BCUT2D eigenvalue weighted by Crippen LogP contribution is -2.35. The molecule has 3 heterocycles. The number of hydrogen-bond acceptors (Lipinski definition) is 4. The standard InChI is InChI=1S/C27H22ClN5O2/c28-20-11-9-19(10-12-20)17-33-24(29)21(26(34)30-14-13-18-6-2-1-3-7-18)16-22-25(33)31-23-8-4-5-15-32(23)27(22)35/h1-12,15-16,29H,13-14,17H2,(H,30,34). The number of fused-ring (bicyclic) bond motifs is 2. The summed E-state index contributed by atoms with van der Waals surface area (Å²) in [5.74, 6) is -0.407. The van der Waals surface area contributed by atoms with E-state index >= 15 is 0 Å². The SMILES string of the molecule is N=c1c(C(=O)NCCc2ccccc2)cc2c(=O)n3ccccc3nc2n1Cc1ccc(Cl)cc1. The first kappa shape index (κ1) is 22.6. The van der Waals surface area contributed by atoms with Gasteiger partial charge in [-0.25, -0.2) is 4.98 Å². The number of benzene rings is 2. The van der Waals surface area contributed by atoms with Crippen molar-refractivity contribution >= 4 is 34.2 Å². The minimum Gasteiger partial charge on any atom is -0.352 e. The predicted molar refractivity (Wildman–Crippen MR) is 136 cm³/mol. The van der Waals surface area contributed by atoms with E-state index in [2.05, 4.69) is 10.3 Å². The molecule has 0 aliphatic rings. The van der Waals surface area contributed by atoms with Crippen LogP contribution in [0.1, 0.15) is 21.5 Å². The number of aromatic nitrogens is 3. The van der Waals surface area contributed by atoms with Crippen molar-refractivity contribution < 1.29 is 4.79 Å². The highest BCUT2D eigenvalue weighted by atomic mass is 35.5. The Morgan fingerprint density at radius 3 is 2.49 bits per heavy atom. The highest BCUT2D eigenvalue weighted by Gasteiger charge is 2.17. The number of pyridine rings is 2. The number of halogens is 1. The highest BCUT2D eigenvalue weighted by molar-refractivity contribution is 6.30. The molecule has 0 aliphatic carbocycles. The molecule has 174 valence electrons. The number of carbonyl (C=O) groups excluding carboxylic acids is 1. The van der Waals surface area contributed by atoms with Crippen molar-refractivity contribution in [2.45, 2.75) is 13.0 Å². The number of amides is 1. The molecule has 0 unspecified atom stereocenters. The van der Waals surface area contributed by atoms with Gasteiger partial charge < -0.3 is 9.88 Å². The van der Waals surface area contributed by atoms with Gasteiger partial charge in [0.2, 0.25) is 0 Å². The van der Waals surface area contributed by atoms with Crippen LogP contribution in [0, 0.1) is 5.41 Å². The van der Waals surface area contributed by atoms with Gasteiger partial charge in [0.25, 0.3) is 11.5 Å². The van der Waals surface area contributed by atoms with Crippen molar-refractivity contribution in [3.05, 3.63) is 123 Å². The molecule has 1 amide bonds. The van der Waals surface area contributed by atoms with E-state index in [1.54, 1.807) is 41.1 Å². The molecular formula is C27H22ClN5O2. The van der Waals surface area contributed by atoms with Crippen LogP contribution in [0.3, 0.4) is 0 Å². The van der Waals surface area contributed by atoms with Gasteiger partial charge in [-0.3, -0.25) is 19.4 Å². The highest BCUT2D eigenvalue weighted by Crippen LogP contribution is 2.14. The fourth-order valence-corrected chi connectivity index (χ4v) is 4.17. The van der Waals surface area contributed by atoms with Crippen molar-refractivity contribution in [3.8, 4) is 0 Å². The molecule has 0 saturated carbocycles. The molecule has 0 spiro atoms. The van der Waals surface area contributed by atoms with Crippen LogP contribution in [-0.4, -0.2) is 26.4 Å². The summed E-state index contributed by atoms with van der Waals surface area (Å²) in [6.07, 6.45) is 2.30. The predicted octanol–water partition coefficient (Wildman–Crippen LogP) is 3.80. The fraction of sp³-hybridized carbons (Fsp3) is 0.111. The van der Waals surface area contributed by atoms with Gasteiger partial charge in [-0.15, -0.1) is 0 Å². The Balaban J connectivity index is 1.60.